The lowest BCUT2D eigenvalue weighted by Gasteiger charge is -2.30. The number of carboxylic acid groups (broad SMARTS) is 2. The van der Waals surface area contributed by atoms with E-state index < -0.39 is 18.0 Å². The van der Waals surface area contributed by atoms with Crippen LogP contribution in [-0.2, 0) is 33.6 Å². The number of hydrogen-bond acceptors (Lipinski definition) is 6. The maximum atomic E-state index is 13.7. The van der Waals surface area contributed by atoms with Crippen molar-refractivity contribution in [2.75, 3.05) is 37.7 Å². The second-order valence-electron chi connectivity index (χ2n) is 8.08. The highest BCUT2D eigenvalue weighted by Gasteiger charge is 2.27. The van der Waals surface area contributed by atoms with Crippen molar-refractivity contribution in [1.29, 1.82) is 0 Å². The first-order valence-electron chi connectivity index (χ1n) is 11.5. The molecular formula is C25H29FN2O7. The maximum Gasteiger partial charge on any atom is 0.414 e. The van der Waals surface area contributed by atoms with Gasteiger partial charge in [-0.15, -0.1) is 0 Å². The van der Waals surface area contributed by atoms with Crippen molar-refractivity contribution in [3.8, 4) is 5.75 Å². The molecule has 0 unspecified atom stereocenters. The number of nitrogens with zero attached hydrogens (tertiary/aromatic N) is 1. The molecule has 188 valence electrons. The third kappa shape index (κ3) is 7.68. The molecule has 35 heavy (non-hydrogen) atoms. The summed E-state index contributed by atoms with van der Waals surface area (Å²) in [5.74, 6) is -1.70. The number of benzene rings is 2. The zero-order valence-electron chi connectivity index (χ0n) is 19.3. The van der Waals surface area contributed by atoms with E-state index in [-0.39, 0.29) is 25.3 Å². The SMILES string of the molecule is O=C(O)CCC(=O)O.O=C(OCCc1ccccc1F)N1CCOc2cc3c(cc21)CCNCC3. The monoisotopic (exact) mass is 488 g/mol. The van der Waals surface area contributed by atoms with Gasteiger partial charge in [-0.05, 0) is 60.8 Å². The number of amides is 1. The molecule has 1 amide bonds. The summed E-state index contributed by atoms with van der Waals surface area (Å²) < 4.78 is 24.9. The first-order valence-corrected chi connectivity index (χ1v) is 11.5. The van der Waals surface area contributed by atoms with Crippen molar-refractivity contribution >= 4 is 23.7 Å². The number of ether oxygens (including phenoxy) is 2. The molecule has 2 aromatic carbocycles. The predicted molar refractivity (Wildman–Crippen MR) is 126 cm³/mol. The van der Waals surface area contributed by atoms with Crippen molar-refractivity contribution in [3.05, 3.63) is 58.9 Å². The fourth-order valence-corrected chi connectivity index (χ4v) is 3.82. The Morgan fingerprint density at radius 2 is 1.69 bits per heavy atom. The third-order valence-corrected chi connectivity index (χ3v) is 5.61. The number of aliphatic carboxylic acids is 2. The van der Waals surface area contributed by atoms with Crippen molar-refractivity contribution in [2.24, 2.45) is 0 Å². The van der Waals surface area contributed by atoms with Gasteiger partial charge in [-0.3, -0.25) is 14.5 Å². The molecule has 0 atom stereocenters. The second kappa shape index (κ2) is 12.7. The number of hydrogen-bond donors (Lipinski definition) is 3. The van der Waals surface area contributed by atoms with Crippen LogP contribution in [0, 0.1) is 5.82 Å². The van der Waals surface area contributed by atoms with E-state index in [2.05, 4.69) is 17.4 Å². The lowest BCUT2D eigenvalue weighted by molar-refractivity contribution is -0.143. The van der Waals surface area contributed by atoms with Crippen molar-refractivity contribution in [3.63, 3.8) is 0 Å². The van der Waals surface area contributed by atoms with Crippen LogP contribution in [-0.4, -0.2) is 61.1 Å². The molecule has 0 fully saturated rings. The topological polar surface area (TPSA) is 125 Å². The lowest BCUT2D eigenvalue weighted by atomic mass is 10.0. The van der Waals surface area contributed by atoms with Crippen LogP contribution in [0.3, 0.4) is 0 Å². The predicted octanol–water partition coefficient (Wildman–Crippen LogP) is 3.03. The summed E-state index contributed by atoms with van der Waals surface area (Å²) in [7, 11) is 0. The van der Waals surface area contributed by atoms with Crippen LogP contribution >= 0.6 is 0 Å². The van der Waals surface area contributed by atoms with Gasteiger partial charge >= 0.3 is 18.0 Å². The summed E-state index contributed by atoms with van der Waals surface area (Å²) in [6.45, 7) is 2.91. The smallest absolute Gasteiger partial charge is 0.414 e. The van der Waals surface area contributed by atoms with E-state index in [0.717, 1.165) is 37.4 Å². The van der Waals surface area contributed by atoms with Crippen molar-refractivity contribution < 1.29 is 38.5 Å². The van der Waals surface area contributed by atoms with E-state index in [1.54, 1.807) is 23.1 Å². The van der Waals surface area contributed by atoms with Gasteiger partial charge in [-0.2, -0.15) is 0 Å². The molecule has 0 radical (unpaired) electrons. The zero-order valence-corrected chi connectivity index (χ0v) is 19.3. The van der Waals surface area contributed by atoms with Crippen LogP contribution in [0.4, 0.5) is 14.9 Å². The highest BCUT2D eigenvalue weighted by Crippen LogP contribution is 2.35. The van der Waals surface area contributed by atoms with Gasteiger partial charge in [0.1, 0.15) is 18.2 Å². The van der Waals surface area contributed by atoms with Crippen LogP contribution in [0.15, 0.2) is 36.4 Å². The molecule has 0 saturated heterocycles. The molecule has 0 bridgehead atoms. The minimum absolute atomic E-state index is 0.140. The standard InChI is InChI=1S/C21H23FN2O3.C4H6O4/c22-18-4-2-1-3-15(18)7-11-27-21(25)24-10-12-26-20-14-17-6-9-23-8-5-16(17)13-19(20)24;5-3(6)1-2-4(7)8/h1-4,13-14,23H,5-12H2;1-2H2,(H,5,6)(H,7,8). The van der Waals surface area contributed by atoms with E-state index >= 15 is 0 Å². The van der Waals surface area contributed by atoms with Crippen LogP contribution in [0.5, 0.6) is 5.75 Å². The van der Waals surface area contributed by atoms with Gasteiger partial charge in [0, 0.05) is 6.42 Å². The molecule has 2 aliphatic heterocycles. The normalized spacial score (nSPS) is 14.3. The van der Waals surface area contributed by atoms with Gasteiger partial charge < -0.3 is 25.0 Å². The number of nitrogens with one attached hydrogen (secondary N) is 1. The first kappa shape index (κ1) is 26.0. The zero-order chi connectivity index (χ0) is 25.2. The Balaban J connectivity index is 0.000000371. The Labute approximate surface area is 202 Å². The lowest BCUT2D eigenvalue weighted by Crippen LogP contribution is -2.38. The fourth-order valence-electron chi connectivity index (χ4n) is 3.82. The Morgan fingerprint density at radius 3 is 2.34 bits per heavy atom. The Kier molecular flexibility index (Phi) is 9.42. The minimum Gasteiger partial charge on any atom is -0.490 e. The van der Waals surface area contributed by atoms with E-state index in [1.807, 2.05) is 0 Å². The van der Waals surface area contributed by atoms with E-state index in [9.17, 15) is 18.8 Å². The Bertz CT molecular complexity index is 1050. The van der Waals surface area contributed by atoms with E-state index in [0.29, 0.717) is 25.1 Å². The molecule has 10 heteroatoms. The Morgan fingerprint density at radius 1 is 1.03 bits per heavy atom. The Hall–Kier alpha value is -3.66. The van der Waals surface area contributed by atoms with Crippen molar-refractivity contribution in [1.82, 2.24) is 5.32 Å². The summed E-state index contributed by atoms with van der Waals surface area (Å²) in [6.07, 6.45) is 1.23. The third-order valence-electron chi connectivity index (χ3n) is 5.61. The number of carbonyl (C=O) groups is 3. The molecule has 2 aliphatic rings. The van der Waals surface area contributed by atoms with Crippen LogP contribution < -0.4 is 15.0 Å². The van der Waals surface area contributed by atoms with Crippen molar-refractivity contribution in [2.45, 2.75) is 32.1 Å². The van der Waals surface area contributed by atoms with Crippen LogP contribution in [0.2, 0.25) is 0 Å². The minimum atomic E-state index is -1.08. The summed E-state index contributed by atoms with van der Waals surface area (Å²) in [5, 5.41) is 19.2. The second-order valence-corrected chi connectivity index (χ2v) is 8.08. The number of carboxylic acids is 2. The number of anilines is 1. The molecule has 9 nitrogen and oxygen atoms in total. The van der Waals surface area contributed by atoms with Gasteiger partial charge in [0.2, 0.25) is 0 Å². The van der Waals surface area contributed by atoms with Gasteiger partial charge in [0.25, 0.3) is 0 Å². The summed E-state index contributed by atoms with van der Waals surface area (Å²) in [6, 6.07) is 10.6. The molecule has 2 aromatic rings. The molecule has 3 N–H and O–H groups in total. The van der Waals surface area contributed by atoms with E-state index in [4.69, 9.17) is 19.7 Å². The molecule has 0 saturated carbocycles. The number of rotatable bonds is 6. The molecule has 2 heterocycles. The summed E-state index contributed by atoms with van der Waals surface area (Å²) in [4.78, 5) is 33.5. The molecule has 0 spiro atoms. The van der Waals surface area contributed by atoms with Gasteiger partial charge in [-0.25, -0.2) is 9.18 Å². The first-order chi connectivity index (χ1) is 16.8. The van der Waals surface area contributed by atoms with Crippen LogP contribution in [0.1, 0.15) is 29.5 Å². The average Bonchev–Trinajstić information content (AvgIpc) is 3.07. The number of carbonyl (C=O) groups excluding carboxylic acids is 1. The maximum absolute atomic E-state index is 13.7. The quantitative estimate of drug-likeness (QED) is 0.567. The van der Waals surface area contributed by atoms with Gasteiger partial charge in [0.05, 0.1) is 31.7 Å². The molecule has 4 rings (SSSR count). The number of fused-ring (bicyclic) bond motifs is 2. The molecule has 0 aliphatic carbocycles. The highest BCUT2D eigenvalue weighted by atomic mass is 19.1. The van der Waals surface area contributed by atoms with Crippen LogP contribution in [0.25, 0.3) is 0 Å². The van der Waals surface area contributed by atoms with Gasteiger partial charge in [0.15, 0.2) is 0 Å². The van der Waals surface area contributed by atoms with E-state index in [1.165, 1.54) is 17.2 Å². The largest absolute Gasteiger partial charge is 0.490 e. The average molecular weight is 489 g/mol. The summed E-state index contributed by atoms with van der Waals surface area (Å²) >= 11 is 0. The molecule has 0 aromatic heterocycles. The molecular weight excluding hydrogens is 459 g/mol. The summed E-state index contributed by atoms with van der Waals surface area (Å²) in [5.41, 5.74) is 3.82. The fraction of sp³-hybridized carbons (Fsp3) is 0.400. The highest BCUT2D eigenvalue weighted by molar-refractivity contribution is 5.90. The van der Waals surface area contributed by atoms with Gasteiger partial charge in [-0.1, -0.05) is 18.2 Å². The number of halogens is 1.